The standard InChI is InChI=1S/C27H23N3O4/c31-23(18-6-2-1-3-7-18)17-30-22-9-5-4-8-21(22)28-27(30)19-14-26(32)29(16-19)20-10-11-24-25(15-20)34-13-12-33-24/h1-11,15,19H,12-14,16-17H2. The lowest BCUT2D eigenvalue weighted by atomic mass is 10.1. The first-order valence-electron chi connectivity index (χ1n) is 11.4. The number of ketones is 1. The van der Waals surface area contributed by atoms with Gasteiger partial charge >= 0.3 is 0 Å². The molecule has 170 valence electrons. The molecule has 2 aliphatic heterocycles. The lowest BCUT2D eigenvalue weighted by molar-refractivity contribution is -0.117. The second-order valence-electron chi connectivity index (χ2n) is 8.57. The summed E-state index contributed by atoms with van der Waals surface area (Å²) in [4.78, 5) is 32.7. The van der Waals surface area contributed by atoms with Crippen LogP contribution >= 0.6 is 0 Å². The minimum absolute atomic E-state index is 0.0121. The number of para-hydroxylation sites is 2. The Bertz CT molecular complexity index is 1400. The van der Waals surface area contributed by atoms with Crippen LogP contribution in [-0.4, -0.2) is 41.0 Å². The molecule has 0 bridgehead atoms. The van der Waals surface area contributed by atoms with Crippen molar-refractivity contribution in [3.63, 3.8) is 0 Å². The monoisotopic (exact) mass is 453 g/mol. The Morgan fingerprint density at radius 1 is 0.941 bits per heavy atom. The third-order valence-electron chi connectivity index (χ3n) is 6.41. The fourth-order valence-electron chi connectivity index (χ4n) is 4.76. The van der Waals surface area contributed by atoms with E-state index in [-0.39, 0.29) is 24.2 Å². The number of nitrogens with zero attached hydrogens (tertiary/aromatic N) is 3. The Morgan fingerprint density at radius 3 is 2.56 bits per heavy atom. The SMILES string of the molecule is O=C(Cn1c(C2CC(=O)N(c3ccc4c(c3)OCCO4)C2)nc2ccccc21)c1ccccc1. The molecule has 1 aromatic heterocycles. The highest BCUT2D eigenvalue weighted by atomic mass is 16.6. The number of rotatable bonds is 5. The molecule has 2 aliphatic rings. The molecule has 0 N–H and O–H groups in total. The van der Waals surface area contributed by atoms with Gasteiger partial charge < -0.3 is 18.9 Å². The molecular weight excluding hydrogens is 430 g/mol. The van der Waals surface area contributed by atoms with Crippen molar-refractivity contribution in [2.24, 2.45) is 0 Å². The summed E-state index contributed by atoms with van der Waals surface area (Å²) in [5, 5.41) is 0. The second kappa shape index (κ2) is 8.33. The van der Waals surface area contributed by atoms with Gasteiger partial charge in [0.1, 0.15) is 19.0 Å². The lowest BCUT2D eigenvalue weighted by Gasteiger charge is -2.22. The van der Waals surface area contributed by atoms with Crippen molar-refractivity contribution >= 4 is 28.4 Å². The maximum atomic E-state index is 13.1. The van der Waals surface area contributed by atoms with Crippen molar-refractivity contribution < 1.29 is 19.1 Å². The molecule has 4 aromatic rings. The van der Waals surface area contributed by atoms with Crippen molar-refractivity contribution in [2.45, 2.75) is 18.9 Å². The number of amides is 1. The molecule has 0 spiro atoms. The number of hydrogen-bond acceptors (Lipinski definition) is 5. The molecule has 0 radical (unpaired) electrons. The highest BCUT2D eigenvalue weighted by molar-refractivity contribution is 5.98. The number of ether oxygens (including phenoxy) is 2. The van der Waals surface area contributed by atoms with Crippen molar-refractivity contribution in [1.82, 2.24) is 9.55 Å². The first-order valence-corrected chi connectivity index (χ1v) is 11.4. The van der Waals surface area contributed by atoms with E-state index in [9.17, 15) is 9.59 Å². The average molecular weight is 453 g/mol. The van der Waals surface area contributed by atoms with Crippen LogP contribution in [0.4, 0.5) is 5.69 Å². The van der Waals surface area contributed by atoms with Crippen LogP contribution in [0.3, 0.4) is 0 Å². The minimum Gasteiger partial charge on any atom is -0.486 e. The lowest BCUT2D eigenvalue weighted by Crippen LogP contribution is -2.25. The molecule has 6 rings (SSSR count). The number of Topliss-reactive ketones (excluding diaryl/α,β-unsaturated/α-hetero) is 1. The zero-order chi connectivity index (χ0) is 23.1. The first-order chi connectivity index (χ1) is 16.7. The molecule has 34 heavy (non-hydrogen) atoms. The largest absolute Gasteiger partial charge is 0.486 e. The summed E-state index contributed by atoms with van der Waals surface area (Å²) < 4.78 is 13.3. The Balaban J connectivity index is 1.33. The van der Waals surface area contributed by atoms with Gasteiger partial charge in [0.2, 0.25) is 5.91 Å². The van der Waals surface area contributed by atoms with Gasteiger partial charge in [0.25, 0.3) is 0 Å². The van der Waals surface area contributed by atoms with Gasteiger partial charge in [0.15, 0.2) is 17.3 Å². The molecule has 3 aromatic carbocycles. The van der Waals surface area contributed by atoms with Crippen LogP contribution in [0.25, 0.3) is 11.0 Å². The van der Waals surface area contributed by atoms with E-state index < -0.39 is 0 Å². The molecule has 0 saturated carbocycles. The number of hydrogen-bond donors (Lipinski definition) is 0. The van der Waals surface area contributed by atoms with E-state index in [2.05, 4.69) is 0 Å². The number of fused-ring (bicyclic) bond motifs is 2. The molecule has 7 nitrogen and oxygen atoms in total. The van der Waals surface area contributed by atoms with Gasteiger partial charge in [-0.3, -0.25) is 9.59 Å². The fraction of sp³-hybridized carbons (Fsp3) is 0.222. The number of imidazole rings is 1. The van der Waals surface area contributed by atoms with Crippen LogP contribution in [0.15, 0.2) is 72.8 Å². The number of benzene rings is 3. The number of carbonyl (C=O) groups excluding carboxylic acids is 2. The third-order valence-corrected chi connectivity index (χ3v) is 6.41. The maximum Gasteiger partial charge on any atom is 0.227 e. The zero-order valence-electron chi connectivity index (χ0n) is 18.5. The van der Waals surface area contributed by atoms with Gasteiger partial charge in [0.05, 0.1) is 17.6 Å². The van der Waals surface area contributed by atoms with Gasteiger partial charge in [-0.25, -0.2) is 4.98 Å². The van der Waals surface area contributed by atoms with E-state index in [0.717, 1.165) is 22.5 Å². The molecule has 7 heteroatoms. The summed E-state index contributed by atoms with van der Waals surface area (Å²) >= 11 is 0. The minimum atomic E-state index is -0.128. The highest BCUT2D eigenvalue weighted by Crippen LogP contribution is 2.38. The molecular formula is C27H23N3O4. The molecule has 1 amide bonds. The summed E-state index contributed by atoms with van der Waals surface area (Å²) in [6.45, 7) is 1.68. The van der Waals surface area contributed by atoms with Crippen LogP contribution in [0.5, 0.6) is 11.5 Å². The Kier molecular flexibility index (Phi) is 5.02. The van der Waals surface area contributed by atoms with Crippen LogP contribution in [0.2, 0.25) is 0 Å². The fourth-order valence-corrected chi connectivity index (χ4v) is 4.76. The van der Waals surface area contributed by atoms with E-state index in [1.165, 1.54) is 0 Å². The van der Waals surface area contributed by atoms with Crippen molar-refractivity contribution in [2.75, 3.05) is 24.7 Å². The smallest absolute Gasteiger partial charge is 0.227 e. The van der Waals surface area contributed by atoms with E-state index in [1.54, 1.807) is 4.90 Å². The molecule has 1 atom stereocenters. The maximum absolute atomic E-state index is 13.1. The first kappa shape index (κ1) is 20.5. The van der Waals surface area contributed by atoms with Gasteiger partial charge in [-0.1, -0.05) is 42.5 Å². The van der Waals surface area contributed by atoms with Gasteiger partial charge in [-0.15, -0.1) is 0 Å². The average Bonchev–Trinajstić information content (AvgIpc) is 3.44. The number of anilines is 1. The summed E-state index contributed by atoms with van der Waals surface area (Å²) in [7, 11) is 0. The summed E-state index contributed by atoms with van der Waals surface area (Å²) in [6.07, 6.45) is 0.331. The van der Waals surface area contributed by atoms with E-state index in [4.69, 9.17) is 14.5 Å². The van der Waals surface area contributed by atoms with E-state index >= 15 is 0 Å². The molecule has 1 fully saturated rings. The topological polar surface area (TPSA) is 73.7 Å². The predicted octanol–water partition coefficient (Wildman–Crippen LogP) is 4.21. The van der Waals surface area contributed by atoms with Gasteiger partial charge in [0, 0.05) is 36.2 Å². The Hall–Kier alpha value is -4.13. The van der Waals surface area contributed by atoms with Gasteiger partial charge in [-0.2, -0.15) is 0 Å². The quantitative estimate of drug-likeness (QED) is 0.423. The number of aromatic nitrogens is 2. The Morgan fingerprint density at radius 2 is 1.71 bits per heavy atom. The summed E-state index contributed by atoms with van der Waals surface area (Å²) in [5.41, 5.74) is 3.15. The Labute approximate surface area is 196 Å². The molecule has 1 saturated heterocycles. The summed E-state index contributed by atoms with van der Waals surface area (Å²) in [6, 6.07) is 22.6. The van der Waals surface area contributed by atoms with Gasteiger partial charge in [-0.05, 0) is 24.3 Å². The molecule has 3 heterocycles. The van der Waals surface area contributed by atoms with E-state index in [1.807, 2.05) is 77.4 Å². The van der Waals surface area contributed by atoms with Crippen molar-refractivity contribution in [3.8, 4) is 11.5 Å². The van der Waals surface area contributed by atoms with Crippen LogP contribution in [0.1, 0.15) is 28.5 Å². The summed E-state index contributed by atoms with van der Waals surface area (Å²) in [5.74, 6) is 2.02. The zero-order valence-corrected chi connectivity index (χ0v) is 18.5. The van der Waals surface area contributed by atoms with E-state index in [0.29, 0.717) is 43.2 Å². The molecule has 0 aliphatic carbocycles. The van der Waals surface area contributed by atoms with Crippen molar-refractivity contribution in [1.29, 1.82) is 0 Å². The number of carbonyl (C=O) groups is 2. The third kappa shape index (κ3) is 3.59. The molecule has 1 unspecified atom stereocenters. The van der Waals surface area contributed by atoms with Crippen LogP contribution < -0.4 is 14.4 Å². The van der Waals surface area contributed by atoms with Crippen LogP contribution in [-0.2, 0) is 11.3 Å². The van der Waals surface area contributed by atoms with Crippen molar-refractivity contribution in [3.05, 3.63) is 84.2 Å². The highest BCUT2D eigenvalue weighted by Gasteiger charge is 2.35. The second-order valence-corrected chi connectivity index (χ2v) is 8.57. The normalized spacial score (nSPS) is 17.4. The van der Waals surface area contributed by atoms with Crippen LogP contribution in [0, 0.1) is 0 Å². The predicted molar refractivity (Wildman–Crippen MR) is 128 cm³/mol.